The van der Waals surface area contributed by atoms with Crippen LogP contribution in [0, 0.1) is 11.7 Å². The van der Waals surface area contributed by atoms with Crippen molar-refractivity contribution in [3.63, 3.8) is 0 Å². The van der Waals surface area contributed by atoms with Crippen LogP contribution in [0.2, 0.25) is 0 Å². The van der Waals surface area contributed by atoms with Crippen molar-refractivity contribution in [2.45, 2.75) is 64.6 Å². The zero-order valence-corrected chi connectivity index (χ0v) is 22.7. The lowest BCUT2D eigenvalue weighted by atomic mass is 9.97. The van der Waals surface area contributed by atoms with Gasteiger partial charge >= 0.3 is 6.18 Å². The molecule has 1 aliphatic heterocycles. The monoisotopic (exact) mass is 542 g/mol. The standard InChI is InChI=1S/C19H13F4N.C11H21N.C2H4O/c20-18-11-10-16(12-17(18)19(21,22)23)24-15-8-6-14(7-9-15)13-4-2-1-3-5-13;1-10-6-8-12(9-7-10)11-4-2-3-5-11;1-2-3/h1-12,24H;10-11H,2-9H2,1H3;2H,1H3. The Morgan fingerprint density at radius 1 is 0.821 bits per heavy atom. The first kappa shape index (κ1) is 30.4. The van der Waals surface area contributed by atoms with Gasteiger partial charge in [0.25, 0.3) is 0 Å². The molecule has 0 bridgehead atoms. The molecule has 1 aliphatic carbocycles. The van der Waals surface area contributed by atoms with Crippen molar-refractivity contribution in [3.05, 3.63) is 84.2 Å². The molecule has 0 radical (unpaired) electrons. The fourth-order valence-electron chi connectivity index (χ4n) is 5.03. The third-order valence-electron chi connectivity index (χ3n) is 7.21. The van der Waals surface area contributed by atoms with Crippen LogP contribution in [0.25, 0.3) is 11.1 Å². The molecule has 39 heavy (non-hydrogen) atoms. The van der Waals surface area contributed by atoms with Gasteiger partial charge in [0.1, 0.15) is 12.1 Å². The van der Waals surface area contributed by atoms with Crippen LogP contribution in [0.1, 0.15) is 57.9 Å². The van der Waals surface area contributed by atoms with Crippen molar-refractivity contribution in [2.24, 2.45) is 5.92 Å². The molecule has 1 heterocycles. The molecule has 5 rings (SSSR count). The third kappa shape index (κ3) is 9.50. The highest BCUT2D eigenvalue weighted by molar-refractivity contribution is 5.68. The van der Waals surface area contributed by atoms with Gasteiger partial charge in [-0.1, -0.05) is 62.2 Å². The smallest absolute Gasteiger partial charge is 0.356 e. The zero-order chi connectivity index (χ0) is 28.3. The first-order chi connectivity index (χ1) is 18.7. The molecule has 0 spiro atoms. The van der Waals surface area contributed by atoms with Crippen LogP contribution in [0.5, 0.6) is 0 Å². The molecular weight excluding hydrogens is 504 g/mol. The van der Waals surface area contributed by atoms with Gasteiger partial charge in [-0.2, -0.15) is 13.2 Å². The van der Waals surface area contributed by atoms with E-state index in [1.807, 2.05) is 42.5 Å². The number of halogens is 4. The van der Waals surface area contributed by atoms with Crippen LogP contribution in [-0.4, -0.2) is 30.3 Å². The van der Waals surface area contributed by atoms with Crippen LogP contribution in [0.3, 0.4) is 0 Å². The van der Waals surface area contributed by atoms with Gasteiger partial charge in [0.15, 0.2) is 0 Å². The number of carbonyl (C=O) groups excluding carboxylic acids is 1. The number of piperidine rings is 1. The summed E-state index contributed by atoms with van der Waals surface area (Å²) in [7, 11) is 0. The highest BCUT2D eigenvalue weighted by Crippen LogP contribution is 2.34. The van der Waals surface area contributed by atoms with E-state index in [2.05, 4.69) is 17.1 Å². The van der Waals surface area contributed by atoms with E-state index < -0.39 is 17.6 Å². The summed E-state index contributed by atoms with van der Waals surface area (Å²) in [6, 6.07) is 20.8. The lowest BCUT2D eigenvalue weighted by molar-refractivity contribution is -0.139. The SMILES string of the molecule is CC1CCN(C2CCCC2)CC1.CC=O.Fc1ccc(Nc2ccc(-c3ccccc3)cc2)cc1C(F)(F)F. The van der Waals surface area contributed by atoms with E-state index in [1.165, 1.54) is 64.6 Å². The van der Waals surface area contributed by atoms with E-state index in [9.17, 15) is 17.6 Å². The Balaban J connectivity index is 0.000000233. The van der Waals surface area contributed by atoms with Crippen molar-refractivity contribution < 1.29 is 22.4 Å². The second kappa shape index (κ2) is 14.8. The fourth-order valence-corrected chi connectivity index (χ4v) is 5.03. The maximum Gasteiger partial charge on any atom is 0.419 e. The number of benzene rings is 3. The van der Waals surface area contributed by atoms with Gasteiger partial charge in [-0.25, -0.2) is 4.39 Å². The summed E-state index contributed by atoms with van der Waals surface area (Å²) >= 11 is 0. The first-order valence-electron chi connectivity index (χ1n) is 13.6. The van der Waals surface area contributed by atoms with Crippen molar-refractivity contribution in [2.75, 3.05) is 18.4 Å². The Morgan fingerprint density at radius 2 is 1.36 bits per heavy atom. The molecule has 210 valence electrons. The highest BCUT2D eigenvalue weighted by Gasteiger charge is 2.34. The van der Waals surface area contributed by atoms with E-state index in [0.717, 1.165) is 41.5 Å². The van der Waals surface area contributed by atoms with Crippen molar-refractivity contribution in [1.82, 2.24) is 4.90 Å². The summed E-state index contributed by atoms with van der Waals surface area (Å²) in [5.74, 6) is -0.296. The van der Waals surface area contributed by atoms with E-state index in [-0.39, 0.29) is 5.69 Å². The second-order valence-electron chi connectivity index (χ2n) is 10.2. The molecule has 1 saturated heterocycles. The molecule has 7 heteroatoms. The number of likely N-dealkylation sites (tertiary alicyclic amines) is 1. The van der Waals surface area contributed by atoms with Crippen LogP contribution in [0.4, 0.5) is 28.9 Å². The molecule has 3 aromatic carbocycles. The van der Waals surface area contributed by atoms with E-state index in [1.54, 1.807) is 12.1 Å². The Kier molecular flexibility index (Phi) is 11.5. The molecule has 0 atom stereocenters. The van der Waals surface area contributed by atoms with Crippen molar-refractivity contribution in [3.8, 4) is 11.1 Å². The molecule has 3 nitrogen and oxygen atoms in total. The average Bonchev–Trinajstić information content (AvgIpc) is 3.47. The van der Waals surface area contributed by atoms with Crippen molar-refractivity contribution in [1.29, 1.82) is 0 Å². The molecule has 1 N–H and O–H groups in total. The Bertz CT molecular complexity index is 1140. The predicted molar refractivity (Wildman–Crippen MR) is 151 cm³/mol. The molecule has 0 amide bonds. The van der Waals surface area contributed by atoms with Crippen molar-refractivity contribution >= 4 is 17.7 Å². The molecule has 2 fully saturated rings. The van der Waals surface area contributed by atoms with Gasteiger partial charge in [-0.05, 0) is 93.1 Å². The van der Waals surface area contributed by atoms with Crippen LogP contribution in [-0.2, 0) is 11.0 Å². The second-order valence-corrected chi connectivity index (χ2v) is 10.2. The average molecular weight is 543 g/mol. The molecule has 2 aliphatic rings. The van der Waals surface area contributed by atoms with Gasteiger partial charge in [-0.15, -0.1) is 0 Å². The Hall–Kier alpha value is -3.19. The van der Waals surface area contributed by atoms with Gasteiger partial charge in [-0.3, -0.25) is 0 Å². The summed E-state index contributed by atoms with van der Waals surface area (Å²) in [4.78, 5) is 11.5. The maximum atomic E-state index is 13.3. The minimum Gasteiger partial charge on any atom is -0.356 e. The lowest BCUT2D eigenvalue weighted by Gasteiger charge is -2.34. The van der Waals surface area contributed by atoms with E-state index in [0.29, 0.717) is 5.69 Å². The van der Waals surface area contributed by atoms with Gasteiger partial charge in [0.2, 0.25) is 0 Å². The van der Waals surface area contributed by atoms with E-state index >= 15 is 0 Å². The predicted octanol–water partition coefficient (Wildman–Crippen LogP) is 9.12. The number of alkyl halides is 3. The van der Waals surface area contributed by atoms with Gasteiger partial charge in [0, 0.05) is 17.4 Å². The topological polar surface area (TPSA) is 32.3 Å². The molecule has 0 unspecified atom stereocenters. The normalized spacial score (nSPS) is 16.5. The summed E-state index contributed by atoms with van der Waals surface area (Å²) < 4.78 is 51.5. The van der Waals surface area contributed by atoms with Crippen LogP contribution in [0.15, 0.2) is 72.8 Å². The zero-order valence-electron chi connectivity index (χ0n) is 22.7. The van der Waals surface area contributed by atoms with Crippen LogP contribution >= 0.6 is 0 Å². The molecular formula is C32H38F4N2O. The number of aldehydes is 1. The van der Waals surface area contributed by atoms with Gasteiger partial charge in [0.05, 0.1) is 5.56 Å². The highest BCUT2D eigenvalue weighted by atomic mass is 19.4. The molecule has 1 saturated carbocycles. The Labute approximate surface area is 229 Å². The third-order valence-corrected chi connectivity index (χ3v) is 7.21. The summed E-state index contributed by atoms with van der Waals surface area (Å²) in [6.07, 6.45) is 4.84. The number of nitrogens with zero attached hydrogens (tertiary/aromatic N) is 1. The number of carbonyl (C=O) groups is 1. The number of rotatable bonds is 4. The van der Waals surface area contributed by atoms with Crippen LogP contribution < -0.4 is 5.32 Å². The van der Waals surface area contributed by atoms with E-state index in [4.69, 9.17) is 4.79 Å². The summed E-state index contributed by atoms with van der Waals surface area (Å²) in [5, 5.41) is 2.86. The quantitative estimate of drug-likeness (QED) is 0.264. The minimum atomic E-state index is -4.72. The Morgan fingerprint density at radius 3 is 1.92 bits per heavy atom. The summed E-state index contributed by atoms with van der Waals surface area (Å²) in [5.41, 5.74) is 1.56. The van der Waals surface area contributed by atoms with Gasteiger partial charge < -0.3 is 15.0 Å². The number of anilines is 2. The maximum absolute atomic E-state index is 13.3. The largest absolute Gasteiger partial charge is 0.419 e. The number of nitrogens with one attached hydrogen (secondary N) is 1. The molecule has 3 aromatic rings. The first-order valence-corrected chi connectivity index (χ1v) is 13.6. The number of hydrogen-bond acceptors (Lipinski definition) is 3. The lowest BCUT2D eigenvalue weighted by Crippen LogP contribution is -2.39. The number of hydrogen-bond donors (Lipinski definition) is 1. The molecule has 0 aromatic heterocycles. The fraction of sp³-hybridized carbons (Fsp3) is 0.406. The minimum absolute atomic E-state index is 0.177. The summed E-state index contributed by atoms with van der Waals surface area (Å²) in [6.45, 7) is 6.60.